The minimum Gasteiger partial charge on any atom is -0.311 e. The van der Waals surface area contributed by atoms with E-state index in [9.17, 15) is 0 Å². The number of nitrogens with one attached hydrogen (secondary N) is 1. The molecule has 6 heteroatoms. The molecular weight excluding hydrogens is 288 g/mol. The Bertz CT molecular complexity index is 863. The molecule has 118 valence electrons. The Labute approximate surface area is 134 Å². The highest BCUT2D eigenvalue weighted by molar-refractivity contribution is 5.82. The van der Waals surface area contributed by atoms with Gasteiger partial charge in [0.2, 0.25) is 0 Å². The van der Waals surface area contributed by atoms with Gasteiger partial charge < -0.3 is 5.32 Å². The summed E-state index contributed by atoms with van der Waals surface area (Å²) in [6.45, 7) is 2.92. The first-order valence-electron chi connectivity index (χ1n) is 8.40. The molecule has 0 bridgehead atoms. The summed E-state index contributed by atoms with van der Waals surface area (Å²) in [5.74, 6) is 0.672. The maximum atomic E-state index is 4.80. The third-order valence-electron chi connectivity index (χ3n) is 4.81. The van der Waals surface area contributed by atoms with E-state index in [4.69, 9.17) is 10.1 Å². The largest absolute Gasteiger partial charge is 0.311 e. The average molecular weight is 308 g/mol. The van der Waals surface area contributed by atoms with Crippen molar-refractivity contribution in [2.45, 2.75) is 38.3 Å². The maximum Gasteiger partial charge on any atom is 0.182 e. The number of pyridine rings is 1. The zero-order chi connectivity index (χ0) is 15.4. The number of aromatic nitrogens is 5. The fourth-order valence-corrected chi connectivity index (χ4v) is 3.48. The standard InChI is InChI=1S/C17H20N6/c1-22-10-14-13(11-3-4-11)8-15(19-17(14)21-22)16-7-12-9-18-5-2-6-23(12)20-16/h7-8,10-11,18H,2-6,9H2,1H3. The molecule has 23 heavy (non-hydrogen) atoms. The van der Waals surface area contributed by atoms with Gasteiger partial charge in [-0.25, -0.2) is 4.98 Å². The van der Waals surface area contributed by atoms with Crippen molar-refractivity contribution in [1.29, 1.82) is 0 Å². The Hall–Kier alpha value is -2.21. The lowest BCUT2D eigenvalue weighted by Crippen LogP contribution is -2.11. The van der Waals surface area contributed by atoms with Gasteiger partial charge in [0, 0.05) is 31.7 Å². The van der Waals surface area contributed by atoms with Crippen LogP contribution in [0.4, 0.5) is 0 Å². The third kappa shape index (κ3) is 2.25. The highest BCUT2D eigenvalue weighted by atomic mass is 15.3. The first kappa shape index (κ1) is 13.2. The summed E-state index contributed by atoms with van der Waals surface area (Å²) in [4.78, 5) is 4.78. The predicted octanol–water partition coefficient (Wildman–Crippen LogP) is 2.20. The molecule has 2 aliphatic rings. The highest BCUT2D eigenvalue weighted by Crippen LogP contribution is 2.43. The third-order valence-corrected chi connectivity index (χ3v) is 4.81. The minimum atomic E-state index is 0.672. The molecule has 1 N–H and O–H groups in total. The number of hydrogen-bond acceptors (Lipinski definition) is 4. The molecular formula is C17H20N6. The Morgan fingerprint density at radius 2 is 2.09 bits per heavy atom. The summed E-state index contributed by atoms with van der Waals surface area (Å²) < 4.78 is 3.98. The highest BCUT2D eigenvalue weighted by Gasteiger charge is 2.27. The number of nitrogens with zero attached hydrogens (tertiary/aromatic N) is 5. The second-order valence-electron chi connectivity index (χ2n) is 6.69. The molecule has 4 heterocycles. The molecule has 1 fully saturated rings. The van der Waals surface area contributed by atoms with Crippen LogP contribution in [0.1, 0.15) is 36.4 Å². The van der Waals surface area contributed by atoms with Crippen molar-refractivity contribution in [2.24, 2.45) is 7.05 Å². The Kier molecular flexibility index (Phi) is 2.82. The van der Waals surface area contributed by atoms with Crippen molar-refractivity contribution < 1.29 is 0 Å². The lowest BCUT2D eigenvalue weighted by atomic mass is 10.1. The second kappa shape index (κ2) is 4.89. The van der Waals surface area contributed by atoms with Crippen molar-refractivity contribution in [1.82, 2.24) is 29.9 Å². The maximum absolute atomic E-state index is 4.80. The van der Waals surface area contributed by atoms with Crippen LogP contribution in [0.2, 0.25) is 0 Å². The molecule has 1 aliphatic heterocycles. The van der Waals surface area contributed by atoms with Gasteiger partial charge in [0.1, 0.15) is 5.69 Å². The summed E-state index contributed by atoms with van der Waals surface area (Å²) in [5.41, 5.74) is 5.40. The molecule has 1 saturated carbocycles. The van der Waals surface area contributed by atoms with Crippen LogP contribution in [0.3, 0.4) is 0 Å². The fourth-order valence-electron chi connectivity index (χ4n) is 3.48. The molecule has 0 atom stereocenters. The van der Waals surface area contributed by atoms with Crippen LogP contribution in [0.15, 0.2) is 18.3 Å². The molecule has 0 aromatic carbocycles. The van der Waals surface area contributed by atoms with Gasteiger partial charge in [-0.2, -0.15) is 10.2 Å². The Balaban J connectivity index is 1.65. The number of fused-ring (bicyclic) bond motifs is 2. The van der Waals surface area contributed by atoms with Crippen LogP contribution in [-0.2, 0) is 20.1 Å². The van der Waals surface area contributed by atoms with Gasteiger partial charge in [0.25, 0.3) is 0 Å². The van der Waals surface area contributed by atoms with Crippen LogP contribution >= 0.6 is 0 Å². The molecule has 0 spiro atoms. The van der Waals surface area contributed by atoms with E-state index in [0.29, 0.717) is 5.92 Å². The molecule has 3 aromatic rings. The fraction of sp³-hybridized carbons (Fsp3) is 0.471. The van der Waals surface area contributed by atoms with Crippen molar-refractivity contribution in [3.05, 3.63) is 29.6 Å². The SMILES string of the molecule is Cn1cc2c(C3CC3)cc(-c3cc4n(n3)CCCNC4)nc2n1. The van der Waals surface area contributed by atoms with Crippen LogP contribution < -0.4 is 5.32 Å². The number of hydrogen-bond donors (Lipinski definition) is 1. The lowest BCUT2D eigenvalue weighted by Gasteiger charge is -2.03. The van der Waals surface area contributed by atoms with E-state index in [0.717, 1.165) is 43.1 Å². The number of rotatable bonds is 2. The van der Waals surface area contributed by atoms with Gasteiger partial charge in [-0.1, -0.05) is 0 Å². The quantitative estimate of drug-likeness (QED) is 0.788. The van der Waals surface area contributed by atoms with Crippen molar-refractivity contribution in [2.75, 3.05) is 6.54 Å². The first-order chi connectivity index (χ1) is 11.3. The van der Waals surface area contributed by atoms with Crippen LogP contribution in [0.25, 0.3) is 22.4 Å². The molecule has 3 aromatic heterocycles. The predicted molar refractivity (Wildman–Crippen MR) is 88.0 cm³/mol. The summed E-state index contributed by atoms with van der Waals surface area (Å²) in [6.07, 6.45) is 5.76. The van der Waals surface area contributed by atoms with Gasteiger partial charge in [-0.15, -0.1) is 0 Å². The van der Waals surface area contributed by atoms with E-state index in [1.165, 1.54) is 29.5 Å². The first-order valence-corrected chi connectivity index (χ1v) is 8.40. The van der Waals surface area contributed by atoms with Gasteiger partial charge in [-0.3, -0.25) is 9.36 Å². The van der Waals surface area contributed by atoms with E-state index in [1.807, 2.05) is 11.7 Å². The summed E-state index contributed by atoms with van der Waals surface area (Å²) >= 11 is 0. The van der Waals surface area contributed by atoms with Crippen LogP contribution in [0, 0.1) is 0 Å². The van der Waals surface area contributed by atoms with Crippen LogP contribution in [-0.4, -0.2) is 31.1 Å². The van der Waals surface area contributed by atoms with E-state index in [-0.39, 0.29) is 0 Å². The minimum absolute atomic E-state index is 0.672. The summed E-state index contributed by atoms with van der Waals surface area (Å²) in [6, 6.07) is 4.41. The van der Waals surface area contributed by atoms with Crippen LogP contribution in [0.5, 0.6) is 0 Å². The number of aryl methyl sites for hydroxylation is 2. The molecule has 0 amide bonds. The zero-order valence-electron chi connectivity index (χ0n) is 13.3. The second-order valence-corrected chi connectivity index (χ2v) is 6.69. The average Bonchev–Trinajstić information content (AvgIpc) is 3.25. The van der Waals surface area contributed by atoms with Gasteiger partial charge in [0.05, 0.1) is 11.4 Å². The van der Waals surface area contributed by atoms with Gasteiger partial charge in [0.15, 0.2) is 5.65 Å². The molecule has 5 rings (SSSR count). The zero-order valence-corrected chi connectivity index (χ0v) is 13.3. The summed E-state index contributed by atoms with van der Waals surface area (Å²) in [7, 11) is 1.96. The topological polar surface area (TPSA) is 60.6 Å². The Morgan fingerprint density at radius 1 is 1.17 bits per heavy atom. The van der Waals surface area contributed by atoms with E-state index < -0.39 is 0 Å². The molecule has 0 saturated heterocycles. The molecule has 0 radical (unpaired) electrons. The van der Waals surface area contributed by atoms with Crippen molar-refractivity contribution in [3.63, 3.8) is 0 Å². The monoisotopic (exact) mass is 308 g/mol. The molecule has 0 unspecified atom stereocenters. The smallest absolute Gasteiger partial charge is 0.182 e. The van der Waals surface area contributed by atoms with Crippen molar-refractivity contribution in [3.8, 4) is 11.4 Å². The summed E-state index contributed by atoms with van der Waals surface area (Å²) in [5, 5.41) is 14.0. The lowest BCUT2D eigenvalue weighted by molar-refractivity contribution is 0.588. The van der Waals surface area contributed by atoms with Gasteiger partial charge in [-0.05, 0) is 49.4 Å². The van der Waals surface area contributed by atoms with E-state index >= 15 is 0 Å². The van der Waals surface area contributed by atoms with Gasteiger partial charge >= 0.3 is 0 Å². The normalized spacial score (nSPS) is 18.1. The molecule has 1 aliphatic carbocycles. The van der Waals surface area contributed by atoms with E-state index in [2.05, 4.69) is 33.4 Å². The van der Waals surface area contributed by atoms with Crippen molar-refractivity contribution >= 4 is 11.0 Å². The Morgan fingerprint density at radius 3 is 2.96 bits per heavy atom. The molecule has 6 nitrogen and oxygen atoms in total. The van der Waals surface area contributed by atoms with E-state index in [1.54, 1.807) is 0 Å².